The lowest BCUT2D eigenvalue weighted by molar-refractivity contribution is 1.09. The van der Waals surface area contributed by atoms with Gasteiger partial charge in [-0.1, -0.05) is 60.7 Å². The summed E-state index contributed by atoms with van der Waals surface area (Å²) in [6.07, 6.45) is 1.25. The highest BCUT2D eigenvalue weighted by Gasteiger charge is 1.79. The molecule has 1 nitrogen and oxygen atoms in total. The van der Waals surface area contributed by atoms with Gasteiger partial charge < -0.3 is 0 Å². The summed E-state index contributed by atoms with van der Waals surface area (Å²) < 4.78 is 0. The first-order valence-corrected chi connectivity index (χ1v) is 3.80. The van der Waals surface area contributed by atoms with Gasteiger partial charge in [0.15, 0.2) is 0 Å². The maximum atomic E-state index is 8.29. The first-order chi connectivity index (χ1) is 5.35. The van der Waals surface area contributed by atoms with Gasteiger partial charge >= 0.3 is 0 Å². The second-order valence-corrected chi connectivity index (χ2v) is 2.18. The van der Waals surface area contributed by atoms with Crippen molar-refractivity contribution in [2.45, 2.75) is 42.5 Å². The molecule has 0 atom stereocenters. The largest absolute Gasteiger partial charge is 0.192 e. The number of benzene rings is 1. The van der Waals surface area contributed by atoms with E-state index in [1.807, 2.05) is 24.3 Å². The smallest absolute Gasteiger partial charge is 0.0991 e. The molecule has 0 aliphatic heterocycles. The molecular weight excluding hydrogens is 170 g/mol. The number of hydrogen-bond donors (Lipinski definition) is 0. The summed E-state index contributed by atoms with van der Waals surface area (Å²) in [4.78, 5) is 0. The Morgan fingerprint density at radius 3 is 1.57 bits per heavy atom. The number of nitrogens with zero attached hydrogens (tertiary/aromatic N) is 1. The average molecular weight is 195 g/mol. The predicted octanol–water partition coefficient (Wildman–Crippen LogP) is 4.88. The van der Waals surface area contributed by atoms with Crippen LogP contribution in [0.2, 0.25) is 0 Å². The fourth-order valence-corrected chi connectivity index (χ4v) is 0.513. The van der Waals surface area contributed by atoms with E-state index in [0.29, 0.717) is 5.56 Å². The van der Waals surface area contributed by atoms with E-state index in [4.69, 9.17) is 5.26 Å². The molecule has 0 spiro atoms. The quantitative estimate of drug-likeness (QED) is 0.578. The van der Waals surface area contributed by atoms with Crippen LogP contribution in [-0.2, 0) is 0 Å². The Bertz CT molecular complexity index is 208. The van der Waals surface area contributed by atoms with Crippen LogP contribution in [0, 0.1) is 11.3 Å². The SMILES string of the molecule is C.C.C.CCC.N#Cc1ccccc1. The lowest BCUT2D eigenvalue weighted by Crippen LogP contribution is -1.66. The Labute approximate surface area is 90.4 Å². The second-order valence-electron chi connectivity index (χ2n) is 2.18. The van der Waals surface area contributed by atoms with Crippen molar-refractivity contribution in [3.05, 3.63) is 35.9 Å². The minimum absolute atomic E-state index is 0. The Balaban J connectivity index is -0.0000000758. The molecule has 0 unspecified atom stereocenters. The molecule has 0 amide bonds. The van der Waals surface area contributed by atoms with E-state index < -0.39 is 0 Å². The summed E-state index contributed by atoms with van der Waals surface area (Å²) in [6, 6.07) is 11.2. The van der Waals surface area contributed by atoms with Crippen LogP contribution in [0.15, 0.2) is 30.3 Å². The second kappa shape index (κ2) is 17.7. The molecule has 1 aromatic rings. The topological polar surface area (TPSA) is 23.8 Å². The normalized spacial score (nSPS) is 5.79. The summed E-state index contributed by atoms with van der Waals surface area (Å²) in [6.45, 7) is 4.25. The van der Waals surface area contributed by atoms with Crippen LogP contribution in [0.4, 0.5) is 0 Å². The first-order valence-electron chi connectivity index (χ1n) is 3.80. The van der Waals surface area contributed by atoms with Crippen molar-refractivity contribution in [2.24, 2.45) is 0 Å². The zero-order valence-electron chi connectivity index (χ0n) is 7.04. The van der Waals surface area contributed by atoms with Gasteiger partial charge in [0.1, 0.15) is 0 Å². The Kier molecular flexibility index (Phi) is 29.1. The van der Waals surface area contributed by atoms with Gasteiger partial charge in [0.2, 0.25) is 0 Å². The molecule has 0 saturated heterocycles. The monoisotopic (exact) mass is 195 g/mol. The van der Waals surface area contributed by atoms with Gasteiger partial charge in [-0.25, -0.2) is 0 Å². The molecule has 0 bridgehead atoms. The molecule has 0 aliphatic rings. The maximum Gasteiger partial charge on any atom is 0.0991 e. The van der Waals surface area contributed by atoms with Crippen molar-refractivity contribution in [1.82, 2.24) is 0 Å². The van der Waals surface area contributed by atoms with Gasteiger partial charge in [0.05, 0.1) is 11.6 Å². The molecule has 82 valence electrons. The van der Waals surface area contributed by atoms with Crippen molar-refractivity contribution < 1.29 is 0 Å². The van der Waals surface area contributed by atoms with Crippen LogP contribution in [0.3, 0.4) is 0 Å². The molecule has 0 fully saturated rings. The summed E-state index contributed by atoms with van der Waals surface area (Å²) in [5.41, 5.74) is 0.715. The van der Waals surface area contributed by atoms with Crippen molar-refractivity contribution >= 4 is 0 Å². The maximum absolute atomic E-state index is 8.29. The van der Waals surface area contributed by atoms with Crippen LogP contribution in [0.5, 0.6) is 0 Å². The van der Waals surface area contributed by atoms with E-state index in [-0.39, 0.29) is 22.3 Å². The van der Waals surface area contributed by atoms with Gasteiger partial charge in [-0.05, 0) is 12.1 Å². The highest BCUT2D eigenvalue weighted by Crippen LogP contribution is 1.92. The standard InChI is InChI=1S/C7H5N.C3H8.3CH4/c8-6-7-4-2-1-3-5-7;1-3-2;;;/h1-5H;3H2,1-2H3;3*1H4. The van der Waals surface area contributed by atoms with E-state index in [1.165, 1.54) is 6.42 Å². The number of hydrogen-bond acceptors (Lipinski definition) is 1. The zero-order chi connectivity index (χ0) is 8.53. The highest BCUT2D eigenvalue weighted by atomic mass is 14.2. The van der Waals surface area contributed by atoms with Crippen molar-refractivity contribution in [3.8, 4) is 6.07 Å². The van der Waals surface area contributed by atoms with E-state index in [2.05, 4.69) is 13.8 Å². The Morgan fingerprint density at radius 2 is 1.36 bits per heavy atom. The predicted molar refractivity (Wildman–Crippen MR) is 67.3 cm³/mol. The molecule has 0 aromatic heterocycles. The molecule has 0 radical (unpaired) electrons. The van der Waals surface area contributed by atoms with Crippen LogP contribution >= 0.6 is 0 Å². The summed E-state index contributed by atoms with van der Waals surface area (Å²) in [5.74, 6) is 0. The molecule has 1 heteroatoms. The van der Waals surface area contributed by atoms with Gasteiger partial charge in [-0.15, -0.1) is 0 Å². The molecule has 0 aliphatic carbocycles. The fourth-order valence-electron chi connectivity index (χ4n) is 0.513. The first kappa shape index (κ1) is 23.0. The summed E-state index contributed by atoms with van der Waals surface area (Å²) >= 11 is 0. The van der Waals surface area contributed by atoms with Crippen molar-refractivity contribution in [3.63, 3.8) is 0 Å². The Hall–Kier alpha value is -1.29. The summed E-state index contributed by atoms with van der Waals surface area (Å²) in [7, 11) is 0. The van der Waals surface area contributed by atoms with Gasteiger partial charge in [0, 0.05) is 0 Å². The van der Waals surface area contributed by atoms with E-state index >= 15 is 0 Å². The van der Waals surface area contributed by atoms with Gasteiger partial charge in [-0.3, -0.25) is 0 Å². The number of rotatable bonds is 0. The third-order valence-electron chi connectivity index (χ3n) is 0.903. The third kappa shape index (κ3) is 13.3. The average Bonchev–Trinajstić information content (AvgIpc) is 2.08. The molecule has 1 aromatic carbocycles. The third-order valence-corrected chi connectivity index (χ3v) is 0.903. The van der Waals surface area contributed by atoms with Crippen LogP contribution in [0.25, 0.3) is 0 Å². The molecule has 1 rings (SSSR count). The van der Waals surface area contributed by atoms with E-state index in [0.717, 1.165) is 0 Å². The lowest BCUT2D eigenvalue weighted by Gasteiger charge is -1.80. The molecule has 14 heavy (non-hydrogen) atoms. The lowest BCUT2D eigenvalue weighted by atomic mass is 10.2. The minimum Gasteiger partial charge on any atom is -0.192 e. The van der Waals surface area contributed by atoms with Crippen LogP contribution < -0.4 is 0 Å². The van der Waals surface area contributed by atoms with E-state index in [1.54, 1.807) is 12.1 Å². The van der Waals surface area contributed by atoms with Gasteiger partial charge in [-0.2, -0.15) is 5.26 Å². The van der Waals surface area contributed by atoms with Crippen LogP contribution in [-0.4, -0.2) is 0 Å². The minimum atomic E-state index is 0. The molecule has 0 saturated carbocycles. The highest BCUT2D eigenvalue weighted by molar-refractivity contribution is 5.27. The zero-order valence-corrected chi connectivity index (χ0v) is 7.04. The fraction of sp³-hybridized carbons (Fsp3) is 0.462. The van der Waals surface area contributed by atoms with Crippen molar-refractivity contribution in [1.29, 1.82) is 5.26 Å². The van der Waals surface area contributed by atoms with E-state index in [9.17, 15) is 0 Å². The summed E-state index contributed by atoms with van der Waals surface area (Å²) in [5, 5.41) is 8.29. The Morgan fingerprint density at radius 1 is 1.00 bits per heavy atom. The number of nitriles is 1. The molecular formula is C13H25N. The van der Waals surface area contributed by atoms with Crippen molar-refractivity contribution in [2.75, 3.05) is 0 Å². The van der Waals surface area contributed by atoms with Crippen LogP contribution in [0.1, 0.15) is 48.1 Å². The molecule has 0 N–H and O–H groups in total. The van der Waals surface area contributed by atoms with Gasteiger partial charge in [0.25, 0.3) is 0 Å². The molecule has 0 heterocycles.